The standard InChI is InChI=1S/C5H9N2Se/c8-5-6-3-1-2-4-7-5/h1-4H2,(H,6,7). The maximum atomic E-state index is 4.17. The van der Waals surface area contributed by atoms with Crippen LogP contribution >= 0.6 is 0 Å². The molecule has 0 atom stereocenters. The third kappa shape index (κ3) is 1.85. The molecule has 1 N–H and O–H groups in total. The predicted octanol–water partition coefficient (Wildman–Crippen LogP) is -0.106. The van der Waals surface area contributed by atoms with Crippen molar-refractivity contribution in [2.24, 2.45) is 4.99 Å². The molecule has 2 nitrogen and oxygen atoms in total. The molecule has 0 fully saturated rings. The van der Waals surface area contributed by atoms with Gasteiger partial charge >= 0.3 is 57.0 Å². The number of aliphatic imine (C=N–C) groups is 1. The van der Waals surface area contributed by atoms with Gasteiger partial charge in [0.2, 0.25) is 0 Å². The van der Waals surface area contributed by atoms with Gasteiger partial charge in [-0.3, -0.25) is 0 Å². The summed E-state index contributed by atoms with van der Waals surface area (Å²) in [4.78, 5) is 4.17. The topological polar surface area (TPSA) is 24.4 Å². The Morgan fingerprint density at radius 3 is 3.25 bits per heavy atom. The molecule has 8 heavy (non-hydrogen) atoms. The third-order valence-electron chi connectivity index (χ3n) is 1.12. The van der Waals surface area contributed by atoms with E-state index in [1.54, 1.807) is 0 Å². The number of nitrogens with one attached hydrogen (secondary N) is 1. The van der Waals surface area contributed by atoms with Crippen molar-refractivity contribution >= 4 is 20.7 Å². The first kappa shape index (κ1) is 6.11. The van der Waals surface area contributed by atoms with Gasteiger partial charge in [0.1, 0.15) is 0 Å². The van der Waals surface area contributed by atoms with E-state index in [-0.39, 0.29) is 0 Å². The third-order valence-corrected chi connectivity index (χ3v) is 1.69. The van der Waals surface area contributed by atoms with Gasteiger partial charge in [-0.05, 0) is 0 Å². The van der Waals surface area contributed by atoms with Gasteiger partial charge in [-0.15, -0.1) is 0 Å². The second kappa shape index (κ2) is 3.10. The van der Waals surface area contributed by atoms with Crippen LogP contribution in [0.2, 0.25) is 0 Å². The summed E-state index contributed by atoms with van der Waals surface area (Å²) in [6.45, 7) is 2.06. The van der Waals surface area contributed by atoms with Crippen molar-refractivity contribution in [3.63, 3.8) is 0 Å². The van der Waals surface area contributed by atoms with Gasteiger partial charge in [0.05, 0.1) is 0 Å². The fourth-order valence-electron chi connectivity index (χ4n) is 0.669. The Kier molecular flexibility index (Phi) is 2.37. The minimum absolute atomic E-state index is 0.975. The fourth-order valence-corrected chi connectivity index (χ4v) is 1.07. The first-order valence-corrected chi connectivity index (χ1v) is 3.70. The Bertz CT molecular complexity index is 101. The van der Waals surface area contributed by atoms with Crippen LogP contribution in [0.15, 0.2) is 4.99 Å². The summed E-state index contributed by atoms with van der Waals surface area (Å²) in [5, 5.41) is 3.14. The van der Waals surface area contributed by atoms with E-state index >= 15 is 0 Å². The van der Waals surface area contributed by atoms with Crippen LogP contribution in [0.1, 0.15) is 12.8 Å². The molecule has 0 aromatic carbocycles. The molecule has 0 saturated heterocycles. The van der Waals surface area contributed by atoms with Gasteiger partial charge in [0, 0.05) is 0 Å². The Morgan fingerprint density at radius 2 is 2.38 bits per heavy atom. The van der Waals surface area contributed by atoms with E-state index in [9.17, 15) is 0 Å². The normalized spacial score (nSPS) is 20.8. The fraction of sp³-hybridized carbons (Fsp3) is 0.800. The molecule has 0 saturated carbocycles. The number of hydrogen-bond donors (Lipinski definition) is 1. The molecule has 45 valence electrons. The Balaban J connectivity index is 2.36. The zero-order valence-corrected chi connectivity index (χ0v) is 6.40. The first-order valence-electron chi connectivity index (χ1n) is 2.85. The van der Waals surface area contributed by atoms with E-state index < -0.39 is 0 Å². The summed E-state index contributed by atoms with van der Waals surface area (Å²) in [7, 11) is 0. The van der Waals surface area contributed by atoms with Crippen molar-refractivity contribution in [3.05, 3.63) is 0 Å². The average molecular weight is 176 g/mol. The Morgan fingerprint density at radius 1 is 1.50 bits per heavy atom. The Hall–Kier alpha value is -0.0105. The van der Waals surface area contributed by atoms with Crippen molar-refractivity contribution in [1.29, 1.82) is 0 Å². The molecule has 0 spiro atoms. The molecule has 0 aromatic rings. The Labute approximate surface area is 57.6 Å². The van der Waals surface area contributed by atoms with Crippen molar-refractivity contribution in [2.75, 3.05) is 13.1 Å². The first-order chi connectivity index (χ1) is 3.89. The van der Waals surface area contributed by atoms with Crippen LogP contribution in [0.4, 0.5) is 0 Å². The van der Waals surface area contributed by atoms with Crippen LogP contribution in [-0.4, -0.2) is 33.8 Å². The van der Waals surface area contributed by atoms with Crippen LogP contribution < -0.4 is 5.32 Å². The van der Waals surface area contributed by atoms with Crippen molar-refractivity contribution in [1.82, 2.24) is 5.32 Å². The number of rotatable bonds is 0. The van der Waals surface area contributed by atoms with Gasteiger partial charge in [-0.1, -0.05) is 0 Å². The molecule has 0 aliphatic carbocycles. The van der Waals surface area contributed by atoms with E-state index in [0.29, 0.717) is 0 Å². The molecule has 1 radical (unpaired) electrons. The number of nitrogens with zero attached hydrogens (tertiary/aromatic N) is 1. The van der Waals surface area contributed by atoms with E-state index in [1.165, 1.54) is 12.8 Å². The monoisotopic (exact) mass is 177 g/mol. The van der Waals surface area contributed by atoms with Gasteiger partial charge in [-0.25, -0.2) is 0 Å². The second-order valence-corrected chi connectivity index (χ2v) is 2.63. The van der Waals surface area contributed by atoms with E-state index in [2.05, 4.69) is 26.3 Å². The van der Waals surface area contributed by atoms with Crippen LogP contribution in [0, 0.1) is 0 Å². The molecular weight excluding hydrogens is 167 g/mol. The van der Waals surface area contributed by atoms with Crippen LogP contribution in [0.5, 0.6) is 0 Å². The van der Waals surface area contributed by atoms with Gasteiger partial charge in [0.15, 0.2) is 0 Å². The summed E-state index contributed by atoms with van der Waals surface area (Å²) < 4.78 is 0.975. The van der Waals surface area contributed by atoms with Crippen molar-refractivity contribution in [2.45, 2.75) is 12.8 Å². The minimum atomic E-state index is 0.975. The molecule has 0 amide bonds. The number of hydrogen-bond acceptors (Lipinski definition) is 2. The van der Waals surface area contributed by atoms with E-state index in [1.807, 2.05) is 0 Å². The molecule has 3 heteroatoms. The maximum absolute atomic E-state index is 4.17. The summed E-state index contributed by atoms with van der Waals surface area (Å²) in [5.41, 5.74) is 0. The molecule has 1 aliphatic heterocycles. The quantitative estimate of drug-likeness (QED) is 0.512. The summed E-state index contributed by atoms with van der Waals surface area (Å²) >= 11 is 2.86. The predicted molar refractivity (Wildman–Crippen MR) is 35.3 cm³/mol. The molecule has 1 heterocycles. The van der Waals surface area contributed by atoms with Gasteiger partial charge < -0.3 is 0 Å². The SMILES string of the molecule is [Se]C1=NCCCCN1. The number of amidine groups is 1. The summed E-state index contributed by atoms with van der Waals surface area (Å²) in [6, 6.07) is 0. The molecule has 0 aromatic heterocycles. The molecule has 0 unspecified atom stereocenters. The van der Waals surface area contributed by atoms with E-state index in [4.69, 9.17) is 0 Å². The van der Waals surface area contributed by atoms with Gasteiger partial charge in [-0.2, -0.15) is 0 Å². The molecule has 0 bridgehead atoms. The van der Waals surface area contributed by atoms with Crippen LogP contribution in [0.25, 0.3) is 0 Å². The molecule has 1 aliphatic rings. The molecular formula is C5H9N2Se. The zero-order valence-electron chi connectivity index (χ0n) is 4.68. The van der Waals surface area contributed by atoms with Crippen molar-refractivity contribution in [3.8, 4) is 0 Å². The van der Waals surface area contributed by atoms with E-state index in [0.717, 1.165) is 17.8 Å². The van der Waals surface area contributed by atoms with Gasteiger partial charge in [0.25, 0.3) is 0 Å². The van der Waals surface area contributed by atoms with Crippen molar-refractivity contribution < 1.29 is 0 Å². The summed E-state index contributed by atoms with van der Waals surface area (Å²) in [6.07, 6.45) is 2.47. The zero-order chi connectivity index (χ0) is 5.82. The summed E-state index contributed by atoms with van der Waals surface area (Å²) in [5.74, 6) is 0. The molecule has 1 rings (SSSR count). The average Bonchev–Trinajstić information content (AvgIpc) is 1.94. The van der Waals surface area contributed by atoms with Crippen LogP contribution in [0.3, 0.4) is 0 Å². The van der Waals surface area contributed by atoms with Crippen LogP contribution in [-0.2, 0) is 0 Å². The second-order valence-electron chi connectivity index (χ2n) is 1.82.